The van der Waals surface area contributed by atoms with E-state index in [4.69, 9.17) is 0 Å². The Morgan fingerprint density at radius 3 is 2.61 bits per heavy atom. The largest absolute Gasteiger partial charge is 0.416 e. The molecule has 5 rings (SSSR count). The Morgan fingerprint density at radius 1 is 1.06 bits per heavy atom. The lowest BCUT2D eigenvalue weighted by Gasteiger charge is -2.26. The maximum absolute atomic E-state index is 13.7. The molecule has 0 fully saturated rings. The molecule has 1 aliphatic rings. The summed E-state index contributed by atoms with van der Waals surface area (Å²) in [7, 11) is 0. The van der Waals surface area contributed by atoms with E-state index in [9.17, 15) is 18.0 Å². The van der Waals surface area contributed by atoms with Crippen molar-refractivity contribution in [3.8, 4) is 5.82 Å². The van der Waals surface area contributed by atoms with Gasteiger partial charge >= 0.3 is 6.18 Å². The second-order valence-corrected chi connectivity index (χ2v) is 7.36. The summed E-state index contributed by atoms with van der Waals surface area (Å²) < 4.78 is 43.9. The summed E-state index contributed by atoms with van der Waals surface area (Å²) in [6.45, 7) is 3.45. The number of hydrogen-bond acceptors (Lipinski definition) is 5. The van der Waals surface area contributed by atoms with Crippen molar-refractivity contribution in [2.75, 3.05) is 5.32 Å². The Bertz CT molecular complexity index is 1340. The molecule has 1 N–H and O–H groups in total. The van der Waals surface area contributed by atoms with Crippen LogP contribution in [0.15, 0.2) is 36.4 Å². The van der Waals surface area contributed by atoms with Crippen molar-refractivity contribution in [1.29, 1.82) is 0 Å². The minimum absolute atomic E-state index is 0.0480. The molecule has 0 saturated carbocycles. The maximum atomic E-state index is 13.7. The number of carbonyl (C=O) groups is 1. The lowest BCUT2D eigenvalue weighted by Crippen LogP contribution is -2.26. The van der Waals surface area contributed by atoms with Crippen molar-refractivity contribution in [2.24, 2.45) is 0 Å². The first-order valence-corrected chi connectivity index (χ1v) is 9.49. The quantitative estimate of drug-likeness (QED) is 0.530. The maximum Gasteiger partial charge on any atom is 0.416 e. The molecule has 0 unspecified atom stereocenters. The number of nitrogens with zero attached hydrogens (tertiary/aromatic N) is 6. The molecule has 0 radical (unpaired) electrons. The molecule has 8 nitrogen and oxygen atoms in total. The lowest BCUT2D eigenvalue weighted by molar-refractivity contribution is -0.138. The highest BCUT2D eigenvalue weighted by Crippen LogP contribution is 2.44. The number of rotatable bonds is 2. The van der Waals surface area contributed by atoms with Crippen LogP contribution in [0.5, 0.6) is 0 Å². The van der Waals surface area contributed by atoms with E-state index in [0.29, 0.717) is 34.4 Å². The van der Waals surface area contributed by atoms with E-state index >= 15 is 0 Å². The fourth-order valence-corrected chi connectivity index (χ4v) is 4.04. The highest BCUT2D eigenvalue weighted by atomic mass is 19.4. The van der Waals surface area contributed by atoms with Crippen LogP contribution in [-0.2, 0) is 11.0 Å². The van der Waals surface area contributed by atoms with Gasteiger partial charge in [-0.3, -0.25) is 4.79 Å². The molecule has 0 bridgehead atoms. The summed E-state index contributed by atoms with van der Waals surface area (Å²) in [5, 5.41) is 19.7. The molecule has 0 spiro atoms. The molecular formula is C20H16F3N7O. The number of benzene rings is 1. The van der Waals surface area contributed by atoms with Gasteiger partial charge in [0.05, 0.1) is 11.3 Å². The van der Waals surface area contributed by atoms with Gasteiger partial charge in [0.25, 0.3) is 0 Å². The Morgan fingerprint density at radius 2 is 1.84 bits per heavy atom. The number of amides is 1. The third-order valence-corrected chi connectivity index (χ3v) is 5.37. The Balaban J connectivity index is 1.70. The zero-order valence-corrected chi connectivity index (χ0v) is 16.5. The van der Waals surface area contributed by atoms with Crippen LogP contribution in [0.3, 0.4) is 0 Å². The topological polar surface area (TPSA) is 90.0 Å². The van der Waals surface area contributed by atoms with E-state index < -0.39 is 23.6 Å². The number of fused-ring (bicyclic) bond motifs is 2. The first-order valence-electron chi connectivity index (χ1n) is 9.49. The van der Waals surface area contributed by atoms with Crippen LogP contribution < -0.4 is 5.32 Å². The van der Waals surface area contributed by atoms with E-state index in [1.54, 1.807) is 32.0 Å². The Kier molecular flexibility index (Phi) is 4.11. The Hall–Kier alpha value is -3.76. The first-order chi connectivity index (χ1) is 14.7. The van der Waals surface area contributed by atoms with Crippen molar-refractivity contribution in [1.82, 2.24) is 29.6 Å². The average Bonchev–Trinajstić information content (AvgIpc) is 3.26. The molecule has 1 aliphatic heterocycles. The minimum atomic E-state index is -4.53. The molecule has 31 heavy (non-hydrogen) atoms. The second kappa shape index (κ2) is 6.62. The number of alkyl halides is 3. The van der Waals surface area contributed by atoms with E-state index in [2.05, 4.69) is 25.7 Å². The van der Waals surface area contributed by atoms with E-state index in [0.717, 1.165) is 6.07 Å². The summed E-state index contributed by atoms with van der Waals surface area (Å²) in [5.74, 6) is 0.0848. The summed E-state index contributed by atoms with van der Waals surface area (Å²) in [4.78, 5) is 12.5. The van der Waals surface area contributed by atoms with Gasteiger partial charge in [0.1, 0.15) is 5.82 Å². The van der Waals surface area contributed by atoms with Gasteiger partial charge in [0.2, 0.25) is 5.91 Å². The van der Waals surface area contributed by atoms with Crippen LogP contribution in [0.2, 0.25) is 0 Å². The molecule has 11 heteroatoms. The molecular weight excluding hydrogens is 411 g/mol. The predicted molar refractivity (Wildman–Crippen MR) is 104 cm³/mol. The predicted octanol–water partition coefficient (Wildman–Crippen LogP) is 3.42. The molecule has 4 aromatic rings. The summed E-state index contributed by atoms with van der Waals surface area (Å²) >= 11 is 0. The Labute approximate surface area is 173 Å². The van der Waals surface area contributed by atoms with Gasteiger partial charge in [-0.05, 0) is 37.6 Å². The van der Waals surface area contributed by atoms with Gasteiger partial charge in [-0.25, -0.2) is 0 Å². The average molecular weight is 427 g/mol. The lowest BCUT2D eigenvalue weighted by atomic mass is 9.83. The fourth-order valence-electron chi connectivity index (χ4n) is 4.04. The summed E-state index contributed by atoms with van der Waals surface area (Å²) in [6.07, 6.45) is -4.64. The van der Waals surface area contributed by atoms with Crippen LogP contribution in [0.4, 0.5) is 19.0 Å². The highest BCUT2D eigenvalue weighted by molar-refractivity contribution is 5.95. The molecule has 1 amide bonds. The van der Waals surface area contributed by atoms with E-state index in [1.807, 2.05) is 0 Å². The fraction of sp³-hybridized carbons (Fsp3) is 0.250. The molecule has 0 aliphatic carbocycles. The minimum Gasteiger partial charge on any atom is -0.310 e. The number of anilines is 1. The van der Waals surface area contributed by atoms with Gasteiger partial charge in [0, 0.05) is 17.9 Å². The molecule has 1 atom stereocenters. The second-order valence-electron chi connectivity index (χ2n) is 7.36. The van der Waals surface area contributed by atoms with Gasteiger partial charge in [-0.1, -0.05) is 18.2 Å². The summed E-state index contributed by atoms with van der Waals surface area (Å²) in [5.41, 5.74) is 0.886. The highest BCUT2D eigenvalue weighted by Gasteiger charge is 2.39. The SMILES string of the molecule is Cc1nn(-c2ccc3nnc(C)n3n2)c2c1[C@H](c1ccccc1C(F)(F)F)CC(=O)N2. The normalized spacial score (nSPS) is 16.4. The number of hydrogen-bond donors (Lipinski definition) is 1. The third-order valence-electron chi connectivity index (χ3n) is 5.37. The molecule has 0 saturated heterocycles. The van der Waals surface area contributed by atoms with Crippen LogP contribution in [0.1, 0.15) is 40.5 Å². The molecule has 1 aromatic carbocycles. The van der Waals surface area contributed by atoms with Crippen molar-refractivity contribution < 1.29 is 18.0 Å². The van der Waals surface area contributed by atoms with Gasteiger partial charge in [-0.15, -0.1) is 15.3 Å². The standard InChI is InChI=1S/C20H16F3N7O/c1-10-18-13(12-5-3-4-6-14(12)20(21,22)23)9-17(31)24-19(18)30(27-10)16-8-7-15-26-25-11(2)29(15)28-16/h3-8,13H,9H2,1-2H3,(H,24,31)/t13-/m0/s1. The number of aryl methyl sites for hydroxylation is 2. The molecule has 158 valence electrons. The first kappa shape index (κ1) is 19.2. The van der Waals surface area contributed by atoms with Crippen molar-refractivity contribution >= 4 is 17.4 Å². The van der Waals surface area contributed by atoms with Crippen molar-refractivity contribution in [3.05, 3.63) is 64.6 Å². The van der Waals surface area contributed by atoms with Crippen molar-refractivity contribution in [3.63, 3.8) is 0 Å². The smallest absolute Gasteiger partial charge is 0.310 e. The van der Waals surface area contributed by atoms with Crippen molar-refractivity contribution in [2.45, 2.75) is 32.4 Å². The molecule has 3 aromatic heterocycles. The number of halogens is 3. The monoisotopic (exact) mass is 427 g/mol. The molecule has 4 heterocycles. The number of aromatic nitrogens is 6. The van der Waals surface area contributed by atoms with Gasteiger partial charge in [0.15, 0.2) is 17.3 Å². The van der Waals surface area contributed by atoms with Crippen LogP contribution in [0, 0.1) is 13.8 Å². The summed E-state index contributed by atoms with van der Waals surface area (Å²) in [6, 6.07) is 8.69. The number of nitrogens with one attached hydrogen (secondary N) is 1. The van der Waals surface area contributed by atoms with Gasteiger partial charge < -0.3 is 5.32 Å². The van der Waals surface area contributed by atoms with E-state index in [1.165, 1.54) is 21.3 Å². The van der Waals surface area contributed by atoms with Crippen LogP contribution in [-0.4, -0.2) is 35.5 Å². The van der Waals surface area contributed by atoms with Crippen LogP contribution >= 0.6 is 0 Å². The van der Waals surface area contributed by atoms with E-state index in [-0.39, 0.29) is 12.0 Å². The zero-order valence-electron chi connectivity index (χ0n) is 16.5. The third kappa shape index (κ3) is 3.04. The van der Waals surface area contributed by atoms with Crippen LogP contribution in [0.25, 0.3) is 11.5 Å². The van der Waals surface area contributed by atoms with Gasteiger partial charge in [-0.2, -0.15) is 27.5 Å². The number of carbonyl (C=O) groups excluding carboxylic acids is 1. The zero-order chi connectivity index (χ0) is 21.9.